The highest BCUT2D eigenvalue weighted by Crippen LogP contribution is 2.35. The number of esters is 1. The summed E-state index contributed by atoms with van der Waals surface area (Å²) in [5, 5.41) is 0. The summed E-state index contributed by atoms with van der Waals surface area (Å²) in [4.78, 5) is 19.4. The summed E-state index contributed by atoms with van der Waals surface area (Å²) in [6.07, 6.45) is 6.31. The van der Waals surface area contributed by atoms with Crippen LogP contribution in [-0.4, -0.2) is 35.5 Å². The molecule has 2 heterocycles. The second-order valence-corrected chi connectivity index (χ2v) is 6.84. The molecule has 4 nitrogen and oxygen atoms in total. The van der Waals surface area contributed by atoms with Crippen molar-refractivity contribution in [3.05, 3.63) is 66.0 Å². The molecular formula is C21H26N2O2. The van der Waals surface area contributed by atoms with Crippen molar-refractivity contribution in [2.75, 3.05) is 19.7 Å². The molecule has 4 heteroatoms. The molecule has 1 fully saturated rings. The maximum absolute atomic E-state index is 12.9. The molecule has 3 rings (SSSR count). The van der Waals surface area contributed by atoms with Gasteiger partial charge in [-0.05, 0) is 49.9 Å². The molecule has 0 N–H and O–H groups in total. The molecule has 0 bridgehead atoms. The highest BCUT2D eigenvalue weighted by atomic mass is 16.5. The van der Waals surface area contributed by atoms with Gasteiger partial charge >= 0.3 is 5.97 Å². The van der Waals surface area contributed by atoms with Gasteiger partial charge in [0.05, 0.1) is 12.0 Å². The molecular weight excluding hydrogens is 312 g/mol. The van der Waals surface area contributed by atoms with Crippen LogP contribution in [0.1, 0.15) is 30.9 Å². The fourth-order valence-electron chi connectivity index (χ4n) is 3.77. The zero-order valence-corrected chi connectivity index (χ0v) is 14.9. The SMILES string of the molecule is CCOC(=O)[C@]1(Cc2ccccc2)CCCN(Cc2cccnc2)C1. The molecule has 0 amide bonds. The van der Waals surface area contributed by atoms with E-state index in [2.05, 4.69) is 28.1 Å². The number of rotatable bonds is 6. The number of piperidine rings is 1. The summed E-state index contributed by atoms with van der Waals surface area (Å²) in [5.74, 6) is -0.0604. The third-order valence-corrected chi connectivity index (χ3v) is 4.88. The van der Waals surface area contributed by atoms with Gasteiger partial charge in [0.15, 0.2) is 0 Å². The number of hydrogen-bond donors (Lipinski definition) is 0. The number of aromatic nitrogens is 1. The lowest BCUT2D eigenvalue weighted by Crippen LogP contribution is -2.49. The van der Waals surface area contributed by atoms with Crippen LogP contribution in [0.3, 0.4) is 0 Å². The summed E-state index contributed by atoms with van der Waals surface area (Å²) in [5.41, 5.74) is 1.92. The first-order valence-corrected chi connectivity index (χ1v) is 9.04. The quantitative estimate of drug-likeness (QED) is 0.757. The molecule has 132 valence electrons. The van der Waals surface area contributed by atoms with Gasteiger partial charge in [0.2, 0.25) is 0 Å². The van der Waals surface area contributed by atoms with Crippen molar-refractivity contribution in [1.82, 2.24) is 9.88 Å². The normalized spacial score (nSPS) is 21.0. The van der Waals surface area contributed by atoms with E-state index >= 15 is 0 Å². The van der Waals surface area contributed by atoms with Gasteiger partial charge in [-0.25, -0.2) is 0 Å². The van der Waals surface area contributed by atoms with E-state index in [1.807, 2.05) is 37.4 Å². The van der Waals surface area contributed by atoms with E-state index in [4.69, 9.17) is 4.74 Å². The van der Waals surface area contributed by atoms with Crippen LogP contribution in [0.5, 0.6) is 0 Å². The molecule has 1 aromatic carbocycles. The van der Waals surface area contributed by atoms with Crippen LogP contribution in [0.4, 0.5) is 0 Å². The molecule has 0 unspecified atom stereocenters. The second-order valence-electron chi connectivity index (χ2n) is 6.84. The number of pyridine rings is 1. The molecule has 1 atom stereocenters. The fourth-order valence-corrected chi connectivity index (χ4v) is 3.77. The van der Waals surface area contributed by atoms with E-state index in [1.54, 1.807) is 6.20 Å². The van der Waals surface area contributed by atoms with E-state index in [0.29, 0.717) is 6.61 Å². The molecule has 0 aliphatic carbocycles. The van der Waals surface area contributed by atoms with E-state index in [0.717, 1.165) is 38.9 Å². The van der Waals surface area contributed by atoms with Crippen molar-refractivity contribution in [1.29, 1.82) is 0 Å². The third kappa shape index (κ3) is 4.45. The monoisotopic (exact) mass is 338 g/mol. The third-order valence-electron chi connectivity index (χ3n) is 4.88. The van der Waals surface area contributed by atoms with E-state index < -0.39 is 5.41 Å². The Labute approximate surface area is 149 Å². The van der Waals surface area contributed by atoms with Gasteiger partial charge in [0.25, 0.3) is 0 Å². The van der Waals surface area contributed by atoms with Gasteiger partial charge in [-0.2, -0.15) is 0 Å². The van der Waals surface area contributed by atoms with Gasteiger partial charge in [0, 0.05) is 25.5 Å². The maximum atomic E-state index is 12.9. The Bertz CT molecular complexity index is 675. The molecule has 1 aromatic heterocycles. The van der Waals surface area contributed by atoms with Gasteiger partial charge < -0.3 is 4.74 Å². The molecule has 0 spiro atoms. The summed E-state index contributed by atoms with van der Waals surface area (Å²) < 4.78 is 5.48. The standard InChI is InChI=1S/C21H26N2O2/c1-2-25-20(24)21(14-18-8-4-3-5-9-18)11-7-13-23(17-21)16-19-10-6-12-22-15-19/h3-6,8-10,12,15H,2,7,11,13-14,16-17H2,1H3/t21-/m0/s1. The lowest BCUT2D eigenvalue weighted by Gasteiger charge is -2.41. The number of nitrogens with zero attached hydrogens (tertiary/aromatic N) is 2. The van der Waals surface area contributed by atoms with Crippen LogP contribution >= 0.6 is 0 Å². The fraction of sp³-hybridized carbons (Fsp3) is 0.429. The second kappa shape index (κ2) is 8.26. The minimum absolute atomic E-state index is 0.0604. The van der Waals surface area contributed by atoms with E-state index in [9.17, 15) is 4.79 Å². The Kier molecular flexibility index (Phi) is 5.82. The Morgan fingerprint density at radius 1 is 1.20 bits per heavy atom. The van der Waals surface area contributed by atoms with Gasteiger partial charge in [0.1, 0.15) is 0 Å². The average Bonchev–Trinajstić information content (AvgIpc) is 2.64. The number of carbonyl (C=O) groups is 1. The van der Waals surface area contributed by atoms with Crippen molar-refractivity contribution < 1.29 is 9.53 Å². The highest BCUT2D eigenvalue weighted by Gasteiger charge is 2.43. The predicted octanol–water partition coefficient (Wildman–Crippen LogP) is 3.47. The number of benzene rings is 1. The maximum Gasteiger partial charge on any atom is 0.313 e. The molecule has 1 aliphatic heterocycles. The highest BCUT2D eigenvalue weighted by molar-refractivity contribution is 5.77. The Balaban J connectivity index is 1.79. The van der Waals surface area contributed by atoms with Crippen molar-refractivity contribution >= 4 is 5.97 Å². The number of hydrogen-bond acceptors (Lipinski definition) is 4. The van der Waals surface area contributed by atoms with Crippen LogP contribution in [0.2, 0.25) is 0 Å². The summed E-state index contributed by atoms with van der Waals surface area (Å²) in [7, 11) is 0. The zero-order chi connectivity index (χ0) is 17.5. The lowest BCUT2D eigenvalue weighted by atomic mass is 9.75. The first-order chi connectivity index (χ1) is 12.2. The van der Waals surface area contributed by atoms with E-state index in [-0.39, 0.29) is 5.97 Å². The Hall–Kier alpha value is -2.20. The topological polar surface area (TPSA) is 42.4 Å². The summed E-state index contributed by atoms with van der Waals surface area (Å²) >= 11 is 0. The smallest absolute Gasteiger partial charge is 0.313 e. The van der Waals surface area contributed by atoms with Crippen LogP contribution in [0.15, 0.2) is 54.9 Å². The number of likely N-dealkylation sites (tertiary alicyclic amines) is 1. The molecule has 2 aromatic rings. The van der Waals surface area contributed by atoms with Crippen LogP contribution in [0.25, 0.3) is 0 Å². The minimum Gasteiger partial charge on any atom is -0.466 e. The van der Waals surface area contributed by atoms with Gasteiger partial charge in [-0.1, -0.05) is 36.4 Å². The predicted molar refractivity (Wildman–Crippen MR) is 98.0 cm³/mol. The first-order valence-electron chi connectivity index (χ1n) is 9.04. The Morgan fingerprint density at radius 3 is 2.72 bits per heavy atom. The van der Waals surface area contributed by atoms with Crippen LogP contribution < -0.4 is 0 Å². The molecule has 25 heavy (non-hydrogen) atoms. The molecule has 1 saturated heterocycles. The largest absolute Gasteiger partial charge is 0.466 e. The summed E-state index contributed by atoms with van der Waals surface area (Å²) in [6, 6.07) is 14.3. The molecule has 0 saturated carbocycles. The van der Waals surface area contributed by atoms with Crippen LogP contribution in [0, 0.1) is 5.41 Å². The van der Waals surface area contributed by atoms with Crippen molar-refractivity contribution in [3.63, 3.8) is 0 Å². The lowest BCUT2D eigenvalue weighted by molar-refractivity contribution is -0.159. The first kappa shape index (κ1) is 17.6. The van der Waals surface area contributed by atoms with Crippen molar-refractivity contribution in [2.45, 2.75) is 32.7 Å². The van der Waals surface area contributed by atoms with E-state index in [1.165, 1.54) is 11.1 Å². The van der Waals surface area contributed by atoms with Crippen molar-refractivity contribution in [2.24, 2.45) is 5.41 Å². The molecule has 0 radical (unpaired) electrons. The minimum atomic E-state index is -0.460. The van der Waals surface area contributed by atoms with Crippen LogP contribution in [-0.2, 0) is 22.5 Å². The van der Waals surface area contributed by atoms with Gasteiger partial charge in [-0.15, -0.1) is 0 Å². The van der Waals surface area contributed by atoms with Crippen molar-refractivity contribution in [3.8, 4) is 0 Å². The summed E-state index contributed by atoms with van der Waals surface area (Å²) in [6.45, 7) is 4.87. The zero-order valence-electron chi connectivity index (χ0n) is 14.9. The Morgan fingerprint density at radius 2 is 2.00 bits per heavy atom. The average molecular weight is 338 g/mol. The molecule has 1 aliphatic rings. The number of ether oxygens (including phenoxy) is 1. The number of carbonyl (C=O) groups excluding carboxylic acids is 1. The van der Waals surface area contributed by atoms with Gasteiger partial charge in [-0.3, -0.25) is 14.7 Å².